The predicted molar refractivity (Wildman–Crippen MR) is 91.3 cm³/mol. The number of aryl methyl sites for hydroxylation is 1. The molecule has 0 saturated heterocycles. The second-order valence-corrected chi connectivity index (χ2v) is 5.55. The largest absolute Gasteiger partial charge is 0.423 e. The number of imidazole rings is 1. The Morgan fingerprint density at radius 1 is 1.17 bits per heavy atom. The second kappa shape index (κ2) is 5.34. The molecule has 1 amide bonds. The molecule has 0 aliphatic rings. The molecule has 6 nitrogen and oxygen atoms in total. The van der Waals surface area contributed by atoms with Crippen LogP contribution in [0.2, 0.25) is 0 Å². The van der Waals surface area contributed by atoms with Crippen LogP contribution in [-0.4, -0.2) is 15.9 Å². The lowest BCUT2D eigenvalue weighted by Gasteiger charge is -2.07. The zero-order valence-electron chi connectivity index (χ0n) is 12.8. The van der Waals surface area contributed by atoms with Gasteiger partial charge in [-0.1, -0.05) is 6.07 Å². The van der Waals surface area contributed by atoms with E-state index in [9.17, 15) is 9.59 Å². The van der Waals surface area contributed by atoms with Crippen molar-refractivity contribution < 1.29 is 9.21 Å². The summed E-state index contributed by atoms with van der Waals surface area (Å²) in [5.41, 5.74) is 3.53. The molecule has 118 valence electrons. The van der Waals surface area contributed by atoms with Crippen LogP contribution in [0.3, 0.4) is 0 Å². The van der Waals surface area contributed by atoms with Crippen molar-refractivity contribution in [1.29, 1.82) is 0 Å². The molecule has 0 aliphatic carbocycles. The van der Waals surface area contributed by atoms with Gasteiger partial charge in [0.2, 0.25) is 0 Å². The molecule has 4 aromatic rings. The van der Waals surface area contributed by atoms with Crippen LogP contribution >= 0.6 is 0 Å². The Balaban J connectivity index is 1.68. The monoisotopic (exact) mass is 319 g/mol. The predicted octanol–water partition coefficient (Wildman–Crippen LogP) is 3.23. The quantitative estimate of drug-likeness (QED) is 0.555. The molecule has 0 unspecified atom stereocenters. The van der Waals surface area contributed by atoms with Crippen LogP contribution in [0.15, 0.2) is 58.0 Å². The summed E-state index contributed by atoms with van der Waals surface area (Å²) in [6, 6.07) is 11.9. The molecule has 2 N–H and O–H groups in total. The Morgan fingerprint density at radius 2 is 2.04 bits per heavy atom. The molecule has 6 heteroatoms. The van der Waals surface area contributed by atoms with E-state index in [1.54, 1.807) is 30.6 Å². The minimum absolute atomic E-state index is 0.278. The highest BCUT2D eigenvalue weighted by molar-refractivity contribution is 6.06. The highest BCUT2D eigenvalue weighted by atomic mass is 16.4. The van der Waals surface area contributed by atoms with E-state index in [2.05, 4.69) is 15.3 Å². The number of benzene rings is 2. The molecular formula is C18H13N3O3. The van der Waals surface area contributed by atoms with Crippen molar-refractivity contribution in [3.8, 4) is 0 Å². The van der Waals surface area contributed by atoms with Crippen molar-refractivity contribution in [3.63, 3.8) is 0 Å². The van der Waals surface area contributed by atoms with E-state index < -0.39 is 5.63 Å². The number of aromatic amines is 1. The first kappa shape index (κ1) is 14.2. The van der Waals surface area contributed by atoms with Gasteiger partial charge in [-0.05, 0) is 42.8 Å². The summed E-state index contributed by atoms with van der Waals surface area (Å²) >= 11 is 0. The van der Waals surface area contributed by atoms with Gasteiger partial charge in [0, 0.05) is 22.7 Å². The highest BCUT2D eigenvalue weighted by Crippen LogP contribution is 2.20. The highest BCUT2D eigenvalue weighted by Gasteiger charge is 2.10. The number of rotatable bonds is 2. The molecule has 2 aromatic carbocycles. The minimum atomic E-state index is -0.428. The van der Waals surface area contributed by atoms with Crippen LogP contribution in [-0.2, 0) is 0 Å². The van der Waals surface area contributed by atoms with E-state index in [1.807, 2.05) is 19.1 Å². The first-order valence-corrected chi connectivity index (χ1v) is 7.39. The van der Waals surface area contributed by atoms with E-state index in [1.165, 1.54) is 6.07 Å². The third kappa shape index (κ3) is 2.44. The Kier molecular flexibility index (Phi) is 3.16. The maximum Gasteiger partial charge on any atom is 0.336 e. The number of nitrogens with zero attached hydrogens (tertiary/aromatic N) is 1. The Morgan fingerprint density at radius 3 is 2.92 bits per heavy atom. The van der Waals surface area contributed by atoms with Gasteiger partial charge in [-0.15, -0.1) is 0 Å². The van der Waals surface area contributed by atoms with Crippen LogP contribution in [0.25, 0.3) is 22.0 Å². The van der Waals surface area contributed by atoms with Crippen LogP contribution < -0.4 is 10.9 Å². The van der Waals surface area contributed by atoms with Crippen LogP contribution in [0, 0.1) is 6.92 Å². The van der Waals surface area contributed by atoms with E-state index in [0.717, 1.165) is 22.0 Å². The number of amides is 1. The zero-order valence-corrected chi connectivity index (χ0v) is 12.8. The maximum atomic E-state index is 12.4. The van der Waals surface area contributed by atoms with Crippen molar-refractivity contribution in [1.82, 2.24) is 9.97 Å². The molecular weight excluding hydrogens is 306 g/mol. The number of hydrogen-bond acceptors (Lipinski definition) is 4. The van der Waals surface area contributed by atoms with Gasteiger partial charge in [0.1, 0.15) is 5.58 Å². The van der Waals surface area contributed by atoms with Crippen LogP contribution in [0.4, 0.5) is 5.69 Å². The number of carbonyl (C=O) groups excluding carboxylic acids is 1. The Hall–Kier alpha value is -3.41. The van der Waals surface area contributed by atoms with E-state index in [4.69, 9.17) is 4.42 Å². The van der Waals surface area contributed by atoms with Crippen molar-refractivity contribution >= 4 is 33.6 Å². The first-order chi connectivity index (χ1) is 11.6. The smallest absolute Gasteiger partial charge is 0.336 e. The topological polar surface area (TPSA) is 88.0 Å². The van der Waals surface area contributed by atoms with Crippen molar-refractivity contribution in [2.75, 3.05) is 5.32 Å². The number of hydrogen-bond donors (Lipinski definition) is 2. The Bertz CT molecular complexity index is 1140. The number of nitrogens with one attached hydrogen (secondary N) is 2. The lowest BCUT2D eigenvalue weighted by molar-refractivity contribution is 0.102. The maximum absolute atomic E-state index is 12.4. The summed E-state index contributed by atoms with van der Waals surface area (Å²) in [4.78, 5) is 31.1. The standard InChI is InChI=1S/C18H13N3O3/c1-10-6-17(22)24-16-7-11(2-4-13(10)16)18(23)21-12-3-5-14-15(8-12)20-9-19-14/h2-9H,1H3,(H,19,20)(H,21,23). The summed E-state index contributed by atoms with van der Waals surface area (Å²) in [6.45, 7) is 1.83. The fourth-order valence-electron chi connectivity index (χ4n) is 2.68. The summed E-state index contributed by atoms with van der Waals surface area (Å²) in [5.74, 6) is -0.278. The van der Waals surface area contributed by atoms with Gasteiger partial charge in [0.25, 0.3) is 5.91 Å². The fraction of sp³-hybridized carbons (Fsp3) is 0.0556. The number of H-pyrrole nitrogens is 1. The lowest BCUT2D eigenvalue weighted by atomic mass is 10.1. The van der Waals surface area contributed by atoms with Crippen molar-refractivity contribution in [2.24, 2.45) is 0 Å². The Labute approximate surface area is 136 Å². The summed E-state index contributed by atoms with van der Waals surface area (Å²) in [5, 5.41) is 3.64. The second-order valence-electron chi connectivity index (χ2n) is 5.55. The van der Waals surface area contributed by atoms with Gasteiger partial charge >= 0.3 is 5.63 Å². The average molecular weight is 319 g/mol. The zero-order chi connectivity index (χ0) is 16.7. The minimum Gasteiger partial charge on any atom is -0.423 e. The molecule has 2 heterocycles. The normalized spacial score (nSPS) is 11.0. The molecule has 0 radical (unpaired) electrons. The van der Waals surface area contributed by atoms with Gasteiger partial charge < -0.3 is 14.7 Å². The summed E-state index contributed by atoms with van der Waals surface area (Å²) < 4.78 is 5.18. The number of carbonyl (C=O) groups is 1. The molecule has 2 aromatic heterocycles. The molecule has 0 aliphatic heterocycles. The third-order valence-electron chi connectivity index (χ3n) is 3.89. The molecule has 0 saturated carbocycles. The summed E-state index contributed by atoms with van der Waals surface area (Å²) in [6.07, 6.45) is 1.60. The number of anilines is 1. The van der Waals surface area contributed by atoms with Crippen LogP contribution in [0.1, 0.15) is 15.9 Å². The molecule has 24 heavy (non-hydrogen) atoms. The van der Waals surface area contributed by atoms with Gasteiger partial charge in [0.05, 0.1) is 17.4 Å². The molecule has 0 atom stereocenters. The molecule has 0 bridgehead atoms. The number of aromatic nitrogens is 2. The van der Waals surface area contributed by atoms with E-state index in [-0.39, 0.29) is 5.91 Å². The van der Waals surface area contributed by atoms with Crippen molar-refractivity contribution in [3.05, 3.63) is 70.3 Å². The summed E-state index contributed by atoms with van der Waals surface area (Å²) in [7, 11) is 0. The fourth-order valence-corrected chi connectivity index (χ4v) is 2.68. The SMILES string of the molecule is Cc1cc(=O)oc2cc(C(=O)Nc3ccc4nc[nH]c4c3)ccc12. The molecule has 0 spiro atoms. The molecule has 0 fully saturated rings. The van der Waals surface area contributed by atoms with Gasteiger partial charge in [-0.3, -0.25) is 4.79 Å². The van der Waals surface area contributed by atoms with Gasteiger partial charge in [0.15, 0.2) is 0 Å². The lowest BCUT2D eigenvalue weighted by Crippen LogP contribution is -2.12. The first-order valence-electron chi connectivity index (χ1n) is 7.39. The number of fused-ring (bicyclic) bond motifs is 2. The van der Waals surface area contributed by atoms with E-state index >= 15 is 0 Å². The third-order valence-corrected chi connectivity index (χ3v) is 3.89. The van der Waals surface area contributed by atoms with Crippen LogP contribution in [0.5, 0.6) is 0 Å². The van der Waals surface area contributed by atoms with Crippen molar-refractivity contribution in [2.45, 2.75) is 6.92 Å². The van der Waals surface area contributed by atoms with E-state index in [0.29, 0.717) is 16.8 Å². The van der Waals surface area contributed by atoms with Gasteiger partial charge in [-0.25, -0.2) is 9.78 Å². The molecule has 4 rings (SSSR count). The van der Waals surface area contributed by atoms with Gasteiger partial charge in [-0.2, -0.15) is 0 Å². The average Bonchev–Trinajstić information content (AvgIpc) is 3.01.